The van der Waals surface area contributed by atoms with Gasteiger partial charge in [0.05, 0.1) is 6.61 Å². The Kier molecular flexibility index (Phi) is 4.93. The minimum absolute atomic E-state index is 0.284. The highest BCUT2D eigenvalue weighted by Gasteiger charge is 2.08. The molecular weight excluding hydrogens is 241 g/mol. The Labute approximate surface area is 113 Å². The van der Waals surface area contributed by atoms with E-state index in [1.165, 1.54) is 11.6 Å². The topological polar surface area (TPSA) is 35.2 Å². The van der Waals surface area contributed by atoms with Crippen LogP contribution in [-0.4, -0.2) is 6.61 Å². The average Bonchev–Trinajstić information content (AvgIpc) is 2.46. The Balaban J connectivity index is 1.86. The maximum atomic E-state index is 13.6. The van der Waals surface area contributed by atoms with Gasteiger partial charge in [-0.2, -0.15) is 0 Å². The first-order valence-corrected chi connectivity index (χ1v) is 6.45. The lowest BCUT2D eigenvalue weighted by atomic mass is 10.1. The van der Waals surface area contributed by atoms with E-state index >= 15 is 0 Å². The monoisotopic (exact) mass is 259 g/mol. The Morgan fingerprint density at radius 2 is 1.79 bits per heavy atom. The van der Waals surface area contributed by atoms with Gasteiger partial charge in [-0.3, -0.25) is 0 Å². The van der Waals surface area contributed by atoms with Crippen LogP contribution < -0.4 is 10.5 Å². The largest absolute Gasteiger partial charge is 0.490 e. The van der Waals surface area contributed by atoms with E-state index in [-0.39, 0.29) is 18.1 Å². The van der Waals surface area contributed by atoms with E-state index < -0.39 is 0 Å². The highest BCUT2D eigenvalue weighted by Crippen LogP contribution is 2.22. The fourth-order valence-corrected chi connectivity index (χ4v) is 1.97. The lowest BCUT2D eigenvalue weighted by Gasteiger charge is -2.11. The Bertz CT molecular complexity index is 513. The Hall–Kier alpha value is -1.87. The predicted octanol–water partition coefficient (Wildman–Crippen LogP) is 3.30. The van der Waals surface area contributed by atoms with Crippen molar-refractivity contribution in [3.05, 3.63) is 65.5 Å². The fourth-order valence-electron chi connectivity index (χ4n) is 1.97. The summed E-state index contributed by atoms with van der Waals surface area (Å²) in [5, 5.41) is 0. The predicted molar refractivity (Wildman–Crippen MR) is 74.5 cm³/mol. The first-order valence-electron chi connectivity index (χ1n) is 6.45. The third-order valence-corrected chi connectivity index (χ3v) is 2.97. The molecule has 2 aromatic rings. The number of ether oxygens (including phenoxy) is 1. The van der Waals surface area contributed by atoms with Crippen molar-refractivity contribution in [3.8, 4) is 5.75 Å². The van der Waals surface area contributed by atoms with Crippen LogP contribution in [0.2, 0.25) is 0 Å². The van der Waals surface area contributed by atoms with E-state index in [0.717, 1.165) is 12.8 Å². The van der Waals surface area contributed by atoms with Crippen LogP contribution in [0.5, 0.6) is 5.75 Å². The van der Waals surface area contributed by atoms with Crippen LogP contribution in [0.3, 0.4) is 0 Å². The van der Waals surface area contributed by atoms with Gasteiger partial charge >= 0.3 is 0 Å². The number of rotatable bonds is 6. The van der Waals surface area contributed by atoms with Crippen molar-refractivity contribution in [2.45, 2.75) is 19.4 Å². The summed E-state index contributed by atoms with van der Waals surface area (Å²) in [5.41, 5.74) is 7.54. The van der Waals surface area contributed by atoms with Gasteiger partial charge in [-0.05, 0) is 24.5 Å². The maximum Gasteiger partial charge on any atom is 0.165 e. The van der Waals surface area contributed by atoms with Gasteiger partial charge in [0.15, 0.2) is 11.6 Å². The molecular formula is C16H18FNO. The summed E-state index contributed by atoms with van der Waals surface area (Å²) < 4.78 is 19.1. The molecule has 2 aromatic carbocycles. The standard InChI is InChI=1S/C16H18FNO/c17-15-10-4-9-14(12-18)16(15)19-11-5-8-13-6-2-1-3-7-13/h1-4,6-7,9-10H,5,8,11-12,18H2. The zero-order valence-corrected chi connectivity index (χ0v) is 10.8. The molecule has 0 saturated carbocycles. The first kappa shape index (κ1) is 13.6. The van der Waals surface area contributed by atoms with Gasteiger partial charge in [0.1, 0.15) is 0 Å². The van der Waals surface area contributed by atoms with Gasteiger partial charge in [0, 0.05) is 12.1 Å². The second-order valence-electron chi connectivity index (χ2n) is 4.37. The Morgan fingerprint density at radius 3 is 2.53 bits per heavy atom. The molecule has 19 heavy (non-hydrogen) atoms. The number of hydrogen-bond acceptors (Lipinski definition) is 2. The highest BCUT2D eigenvalue weighted by atomic mass is 19.1. The molecule has 3 heteroatoms. The molecule has 0 aliphatic rings. The van der Waals surface area contributed by atoms with Crippen molar-refractivity contribution in [2.24, 2.45) is 5.73 Å². The van der Waals surface area contributed by atoms with Crippen LogP contribution >= 0.6 is 0 Å². The molecule has 0 aliphatic carbocycles. The molecule has 2 N–H and O–H groups in total. The highest BCUT2D eigenvalue weighted by molar-refractivity contribution is 5.34. The number of hydrogen-bond donors (Lipinski definition) is 1. The molecule has 0 amide bonds. The van der Waals surface area contributed by atoms with Gasteiger partial charge in [-0.15, -0.1) is 0 Å². The minimum Gasteiger partial charge on any atom is -0.490 e. The van der Waals surface area contributed by atoms with Crippen molar-refractivity contribution in [3.63, 3.8) is 0 Å². The van der Waals surface area contributed by atoms with E-state index in [0.29, 0.717) is 12.2 Å². The fraction of sp³-hybridized carbons (Fsp3) is 0.250. The van der Waals surface area contributed by atoms with Crippen molar-refractivity contribution in [1.29, 1.82) is 0 Å². The van der Waals surface area contributed by atoms with Crippen LogP contribution in [0.1, 0.15) is 17.5 Å². The molecule has 2 nitrogen and oxygen atoms in total. The van der Waals surface area contributed by atoms with E-state index in [1.54, 1.807) is 12.1 Å². The number of halogens is 1. The summed E-state index contributed by atoms with van der Waals surface area (Å²) in [6.45, 7) is 0.772. The number of nitrogens with two attached hydrogens (primary N) is 1. The van der Waals surface area contributed by atoms with Gasteiger partial charge < -0.3 is 10.5 Å². The number of benzene rings is 2. The van der Waals surface area contributed by atoms with Crippen molar-refractivity contribution >= 4 is 0 Å². The molecule has 2 rings (SSSR count). The van der Waals surface area contributed by atoms with Crippen LogP contribution in [0.15, 0.2) is 48.5 Å². The summed E-state index contributed by atoms with van der Waals surface area (Å²) in [4.78, 5) is 0. The quantitative estimate of drug-likeness (QED) is 0.808. The van der Waals surface area contributed by atoms with E-state index in [1.807, 2.05) is 18.2 Å². The zero-order valence-electron chi connectivity index (χ0n) is 10.8. The summed E-state index contributed by atoms with van der Waals surface area (Å²) in [7, 11) is 0. The van der Waals surface area contributed by atoms with Crippen molar-refractivity contribution in [2.75, 3.05) is 6.61 Å². The minimum atomic E-state index is -0.345. The van der Waals surface area contributed by atoms with Gasteiger partial charge in [-0.25, -0.2) is 4.39 Å². The molecule has 0 radical (unpaired) electrons. The normalized spacial score (nSPS) is 10.4. The second-order valence-corrected chi connectivity index (χ2v) is 4.37. The van der Waals surface area contributed by atoms with E-state index in [2.05, 4.69) is 12.1 Å². The van der Waals surface area contributed by atoms with Gasteiger partial charge in [-0.1, -0.05) is 42.5 Å². The van der Waals surface area contributed by atoms with E-state index in [4.69, 9.17) is 10.5 Å². The molecule has 0 aliphatic heterocycles. The molecule has 0 spiro atoms. The lowest BCUT2D eigenvalue weighted by molar-refractivity contribution is 0.292. The molecule has 0 heterocycles. The summed E-state index contributed by atoms with van der Waals surface area (Å²) >= 11 is 0. The Morgan fingerprint density at radius 1 is 1.00 bits per heavy atom. The molecule has 0 saturated heterocycles. The van der Waals surface area contributed by atoms with E-state index in [9.17, 15) is 4.39 Å². The molecule has 0 aromatic heterocycles. The third kappa shape index (κ3) is 3.80. The molecule has 0 fully saturated rings. The summed E-state index contributed by atoms with van der Waals surface area (Å²) in [5.74, 6) is -0.0549. The number of para-hydroxylation sites is 1. The first-order chi connectivity index (χ1) is 9.31. The lowest BCUT2D eigenvalue weighted by Crippen LogP contribution is -2.06. The smallest absolute Gasteiger partial charge is 0.165 e. The summed E-state index contributed by atoms with van der Waals surface area (Å²) in [6, 6.07) is 15.0. The van der Waals surface area contributed by atoms with Crippen LogP contribution in [0.4, 0.5) is 4.39 Å². The zero-order chi connectivity index (χ0) is 13.5. The van der Waals surface area contributed by atoms with Crippen molar-refractivity contribution < 1.29 is 9.13 Å². The second kappa shape index (κ2) is 6.90. The van der Waals surface area contributed by atoms with Gasteiger partial charge in [0.2, 0.25) is 0 Å². The molecule has 100 valence electrons. The van der Waals surface area contributed by atoms with Crippen LogP contribution in [0.25, 0.3) is 0 Å². The van der Waals surface area contributed by atoms with Crippen LogP contribution in [-0.2, 0) is 13.0 Å². The number of aryl methyl sites for hydroxylation is 1. The average molecular weight is 259 g/mol. The summed E-state index contributed by atoms with van der Waals surface area (Å²) in [6.07, 6.45) is 1.77. The third-order valence-electron chi connectivity index (χ3n) is 2.97. The molecule has 0 atom stereocenters. The molecule has 0 bridgehead atoms. The van der Waals surface area contributed by atoms with Crippen molar-refractivity contribution in [1.82, 2.24) is 0 Å². The SMILES string of the molecule is NCc1cccc(F)c1OCCCc1ccccc1. The maximum absolute atomic E-state index is 13.6. The van der Waals surface area contributed by atoms with Crippen LogP contribution in [0, 0.1) is 5.82 Å². The molecule has 0 unspecified atom stereocenters. The van der Waals surface area contributed by atoms with Gasteiger partial charge in [0.25, 0.3) is 0 Å².